The number of anilines is 1. The molecule has 3 rings (SSSR count). The van der Waals surface area contributed by atoms with Crippen molar-refractivity contribution in [3.8, 4) is 0 Å². The maximum absolute atomic E-state index is 11.9. The van der Waals surface area contributed by atoms with Gasteiger partial charge in [-0.05, 0) is 31.0 Å². The standard InChI is InChI=1S/C14H16ClN3OS/c15-9-5-6-11-12(7-9)20-14(17-11)18-13(19)8-16-10-3-1-2-4-10/h5-7,10,16H,1-4,8H2,(H,17,18,19). The van der Waals surface area contributed by atoms with Crippen molar-refractivity contribution < 1.29 is 4.79 Å². The minimum atomic E-state index is -0.0398. The van der Waals surface area contributed by atoms with E-state index in [0.29, 0.717) is 22.7 Å². The van der Waals surface area contributed by atoms with E-state index in [4.69, 9.17) is 11.6 Å². The van der Waals surface area contributed by atoms with Crippen LogP contribution in [0.5, 0.6) is 0 Å². The van der Waals surface area contributed by atoms with E-state index in [-0.39, 0.29) is 5.91 Å². The number of rotatable bonds is 4. The summed E-state index contributed by atoms with van der Waals surface area (Å²) >= 11 is 7.38. The van der Waals surface area contributed by atoms with Gasteiger partial charge in [-0.25, -0.2) is 4.98 Å². The van der Waals surface area contributed by atoms with E-state index in [1.807, 2.05) is 12.1 Å². The molecule has 1 heterocycles. The van der Waals surface area contributed by atoms with Crippen molar-refractivity contribution in [2.45, 2.75) is 31.7 Å². The van der Waals surface area contributed by atoms with Crippen molar-refractivity contribution in [3.05, 3.63) is 23.2 Å². The van der Waals surface area contributed by atoms with Crippen molar-refractivity contribution in [1.29, 1.82) is 0 Å². The van der Waals surface area contributed by atoms with Crippen molar-refractivity contribution >= 4 is 44.2 Å². The molecule has 1 aliphatic carbocycles. The first-order chi connectivity index (χ1) is 9.70. The number of nitrogens with zero attached hydrogens (tertiary/aromatic N) is 1. The van der Waals surface area contributed by atoms with Gasteiger partial charge in [0.2, 0.25) is 5.91 Å². The minimum Gasteiger partial charge on any atom is -0.306 e. The van der Waals surface area contributed by atoms with Gasteiger partial charge in [0.15, 0.2) is 5.13 Å². The lowest BCUT2D eigenvalue weighted by atomic mass is 10.2. The van der Waals surface area contributed by atoms with Crippen LogP contribution in [0.15, 0.2) is 18.2 Å². The average Bonchev–Trinajstić information content (AvgIpc) is 3.04. The Morgan fingerprint density at radius 1 is 1.40 bits per heavy atom. The van der Waals surface area contributed by atoms with E-state index in [2.05, 4.69) is 15.6 Å². The molecule has 0 atom stereocenters. The Balaban J connectivity index is 1.59. The number of aromatic nitrogens is 1. The van der Waals surface area contributed by atoms with Crippen molar-refractivity contribution in [1.82, 2.24) is 10.3 Å². The molecule has 1 aliphatic rings. The third kappa shape index (κ3) is 3.29. The van der Waals surface area contributed by atoms with E-state index in [1.165, 1.54) is 37.0 Å². The number of benzene rings is 1. The highest BCUT2D eigenvalue weighted by molar-refractivity contribution is 7.22. The minimum absolute atomic E-state index is 0.0398. The third-order valence-electron chi connectivity index (χ3n) is 3.50. The van der Waals surface area contributed by atoms with Gasteiger partial charge in [-0.1, -0.05) is 35.8 Å². The van der Waals surface area contributed by atoms with Gasteiger partial charge in [0, 0.05) is 11.1 Å². The quantitative estimate of drug-likeness (QED) is 0.910. The van der Waals surface area contributed by atoms with Gasteiger partial charge >= 0.3 is 0 Å². The molecular weight excluding hydrogens is 294 g/mol. The summed E-state index contributed by atoms with van der Waals surface area (Å²) in [6, 6.07) is 6.02. The molecule has 2 N–H and O–H groups in total. The zero-order valence-corrected chi connectivity index (χ0v) is 12.6. The molecule has 4 nitrogen and oxygen atoms in total. The van der Waals surface area contributed by atoms with Crippen LogP contribution in [0.25, 0.3) is 10.2 Å². The first-order valence-electron chi connectivity index (χ1n) is 6.80. The second kappa shape index (κ2) is 6.08. The smallest absolute Gasteiger partial charge is 0.240 e. The Morgan fingerprint density at radius 2 is 2.20 bits per heavy atom. The predicted octanol–water partition coefficient (Wildman–Crippen LogP) is 3.42. The van der Waals surface area contributed by atoms with E-state index < -0.39 is 0 Å². The lowest BCUT2D eigenvalue weighted by Crippen LogP contribution is -2.34. The Hall–Kier alpha value is -1.17. The van der Waals surface area contributed by atoms with Gasteiger partial charge in [0.05, 0.1) is 16.8 Å². The van der Waals surface area contributed by atoms with Crippen LogP contribution < -0.4 is 10.6 Å². The average molecular weight is 310 g/mol. The fourth-order valence-electron chi connectivity index (χ4n) is 2.48. The maximum atomic E-state index is 11.9. The molecule has 0 bridgehead atoms. The summed E-state index contributed by atoms with van der Waals surface area (Å²) in [5.74, 6) is -0.0398. The molecule has 0 saturated heterocycles. The van der Waals surface area contributed by atoms with E-state index in [0.717, 1.165) is 10.2 Å². The molecule has 1 saturated carbocycles. The topological polar surface area (TPSA) is 54.0 Å². The van der Waals surface area contributed by atoms with Crippen LogP contribution in [0.4, 0.5) is 5.13 Å². The Kier molecular flexibility index (Phi) is 4.19. The van der Waals surface area contributed by atoms with Crippen LogP contribution in [0, 0.1) is 0 Å². The summed E-state index contributed by atoms with van der Waals surface area (Å²) in [5.41, 5.74) is 0.860. The highest BCUT2D eigenvalue weighted by atomic mass is 35.5. The largest absolute Gasteiger partial charge is 0.306 e. The molecule has 0 unspecified atom stereocenters. The molecular formula is C14H16ClN3OS. The van der Waals surface area contributed by atoms with Gasteiger partial charge < -0.3 is 10.6 Å². The number of halogens is 1. The third-order valence-corrected chi connectivity index (χ3v) is 4.67. The second-order valence-corrected chi connectivity index (χ2v) is 6.51. The number of nitrogens with one attached hydrogen (secondary N) is 2. The number of carbonyl (C=O) groups excluding carboxylic acids is 1. The Morgan fingerprint density at radius 3 is 3.00 bits per heavy atom. The number of hydrogen-bond acceptors (Lipinski definition) is 4. The molecule has 1 fully saturated rings. The molecule has 1 aromatic carbocycles. The molecule has 106 valence electrons. The number of fused-ring (bicyclic) bond motifs is 1. The molecule has 1 amide bonds. The van der Waals surface area contributed by atoms with Gasteiger partial charge in [-0.2, -0.15) is 0 Å². The van der Waals surface area contributed by atoms with Crippen LogP contribution in [-0.2, 0) is 4.79 Å². The number of hydrogen-bond donors (Lipinski definition) is 2. The summed E-state index contributed by atoms with van der Waals surface area (Å²) in [6.45, 7) is 0.349. The molecule has 0 radical (unpaired) electrons. The number of carbonyl (C=O) groups is 1. The lowest BCUT2D eigenvalue weighted by Gasteiger charge is -2.10. The van der Waals surface area contributed by atoms with Gasteiger partial charge in [-0.15, -0.1) is 0 Å². The van der Waals surface area contributed by atoms with Crippen molar-refractivity contribution in [3.63, 3.8) is 0 Å². The first-order valence-corrected chi connectivity index (χ1v) is 7.99. The van der Waals surface area contributed by atoms with Crippen LogP contribution >= 0.6 is 22.9 Å². The summed E-state index contributed by atoms with van der Waals surface area (Å²) < 4.78 is 0.983. The molecule has 20 heavy (non-hydrogen) atoms. The van der Waals surface area contributed by atoms with Crippen molar-refractivity contribution in [2.24, 2.45) is 0 Å². The Labute approximate surface area is 126 Å². The van der Waals surface area contributed by atoms with E-state index in [1.54, 1.807) is 6.07 Å². The maximum Gasteiger partial charge on any atom is 0.240 e. The summed E-state index contributed by atoms with van der Waals surface area (Å²) in [4.78, 5) is 16.3. The molecule has 2 aromatic rings. The predicted molar refractivity (Wildman–Crippen MR) is 83.5 cm³/mol. The van der Waals surface area contributed by atoms with Crippen LogP contribution in [0.2, 0.25) is 5.02 Å². The van der Waals surface area contributed by atoms with Gasteiger partial charge in [0.25, 0.3) is 0 Å². The molecule has 0 spiro atoms. The number of amides is 1. The van der Waals surface area contributed by atoms with Crippen LogP contribution in [-0.4, -0.2) is 23.5 Å². The highest BCUT2D eigenvalue weighted by Crippen LogP contribution is 2.28. The zero-order chi connectivity index (χ0) is 13.9. The Bertz CT molecular complexity index is 622. The zero-order valence-electron chi connectivity index (χ0n) is 11.0. The molecule has 1 aromatic heterocycles. The van der Waals surface area contributed by atoms with Gasteiger partial charge in [-0.3, -0.25) is 4.79 Å². The summed E-state index contributed by atoms with van der Waals surface area (Å²) in [7, 11) is 0. The van der Waals surface area contributed by atoms with E-state index >= 15 is 0 Å². The summed E-state index contributed by atoms with van der Waals surface area (Å²) in [6.07, 6.45) is 4.87. The van der Waals surface area contributed by atoms with Crippen molar-refractivity contribution in [2.75, 3.05) is 11.9 Å². The monoisotopic (exact) mass is 309 g/mol. The SMILES string of the molecule is O=C(CNC1CCCC1)Nc1nc2ccc(Cl)cc2s1. The number of thiazole rings is 1. The fourth-order valence-corrected chi connectivity index (χ4v) is 3.64. The van der Waals surface area contributed by atoms with Gasteiger partial charge in [0.1, 0.15) is 0 Å². The van der Waals surface area contributed by atoms with Crippen LogP contribution in [0.1, 0.15) is 25.7 Å². The first kappa shape index (κ1) is 13.8. The fraction of sp³-hybridized carbons (Fsp3) is 0.429. The lowest BCUT2D eigenvalue weighted by molar-refractivity contribution is -0.115. The second-order valence-electron chi connectivity index (χ2n) is 5.04. The molecule has 0 aliphatic heterocycles. The van der Waals surface area contributed by atoms with Crippen LogP contribution in [0.3, 0.4) is 0 Å². The molecule has 6 heteroatoms. The van der Waals surface area contributed by atoms with E-state index in [9.17, 15) is 4.79 Å². The summed E-state index contributed by atoms with van der Waals surface area (Å²) in [5, 5.41) is 7.43. The normalized spacial score (nSPS) is 15.8. The highest BCUT2D eigenvalue weighted by Gasteiger charge is 2.15.